The highest BCUT2D eigenvalue weighted by atomic mass is 16.5. The van der Waals surface area contributed by atoms with Gasteiger partial charge in [-0.3, -0.25) is 9.88 Å². The van der Waals surface area contributed by atoms with Crippen molar-refractivity contribution in [1.29, 1.82) is 0 Å². The monoisotopic (exact) mass is 387 g/mol. The fourth-order valence-corrected chi connectivity index (χ4v) is 4.36. The number of nitrogens with two attached hydrogens (primary N) is 1. The number of para-hydroxylation sites is 1. The van der Waals surface area contributed by atoms with Crippen molar-refractivity contribution in [2.45, 2.75) is 44.9 Å². The molecule has 2 aromatic carbocycles. The van der Waals surface area contributed by atoms with Gasteiger partial charge >= 0.3 is 0 Å². The number of pyridine rings is 1. The lowest BCUT2D eigenvalue weighted by Gasteiger charge is -2.35. The second-order valence-electron chi connectivity index (χ2n) is 7.70. The van der Waals surface area contributed by atoms with Crippen LogP contribution in [-0.2, 0) is 26.1 Å². The van der Waals surface area contributed by atoms with Crippen LogP contribution in [0.3, 0.4) is 0 Å². The van der Waals surface area contributed by atoms with E-state index in [0.29, 0.717) is 12.6 Å². The number of benzene rings is 2. The van der Waals surface area contributed by atoms with E-state index in [9.17, 15) is 0 Å². The van der Waals surface area contributed by atoms with Crippen molar-refractivity contribution < 1.29 is 4.74 Å². The molecule has 4 nitrogen and oxygen atoms in total. The number of methoxy groups -OCH3 is 1. The first-order valence-corrected chi connectivity index (χ1v) is 10.4. The fourth-order valence-electron chi connectivity index (χ4n) is 4.36. The van der Waals surface area contributed by atoms with Gasteiger partial charge in [-0.1, -0.05) is 48.5 Å². The summed E-state index contributed by atoms with van der Waals surface area (Å²) in [7, 11) is 1.74. The van der Waals surface area contributed by atoms with Gasteiger partial charge < -0.3 is 10.5 Å². The van der Waals surface area contributed by atoms with Crippen molar-refractivity contribution in [1.82, 2.24) is 9.88 Å². The van der Waals surface area contributed by atoms with Crippen molar-refractivity contribution in [3.63, 3.8) is 0 Å². The molecule has 0 aliphatic heterocycles. The largest absolute Gasteiger partial charge is 0.496 e. The number of nitrogens with zero attached hydrogens (tertiary/aromatic N) is 2. The lowest BCUT2D eigenvalue weighted by Crippen LogP contribution is -2.31. The topological polar surface area (TPSA) is 51.4 Å². The van der Waals surface area contributed by atoms with Gasteiger partial charge in [-0.2, -0.15) is 0 Å². The molecule has 0 spiro atoms. The maximum atomic E-state index is 5.88. The van der Waals surface area contributed by atoms with Gasteiger partial charge in [0.1, 0.15) is 5.75 Å². The normalized spacial score (nSPS) is 15.9. The van der Waals surface area contributed by atoms with Crippen LogP contribution in [0.2, 0.25) is 0 Å². The van der Waals surface area contributed by atoms with Crippen LogP contribution in [0.5, 0.6) is 5.75 Å². The summed E-state index contributed by atoms with van der Waals surface area (Å²) >= 11 is 0. The Kier molecular flexibility index (Phi) is 6.23. The Labute approximate surface area is 173 Å². The molecule has 4 rings (SSSR count). The Morgan fingerprint density at radius 1 is 1.03 bits per heavy atom. The lowest BCUT2D eigenvalue weighted by atomic mass is 9.90. The first-order valence-electron chi connectivity index (χ1n) is 10.4. The molecule has 150 valence electrons. The number of fused-ring (bicyclic) bond motifs is 1. The molecule has 29 heavy (non-hydrogen) atoms. The Morgan fingerprint density at radius 3 is 2.76 bits per heavy atom. The number of hydrogen-bond acceptors (Lipinski definition) is 4. The van der Waals surface area contributed by atoms with Crippen molar-refractivity contribution in [2.75, 3.05) is 7.11 Å². The molecule has 0 saturated heterocycles. The van der Waals surface area contributed by atoms with E-state index in [4.69, 9.17) is 15.5 Å². The second kappa shape index (κ2) is 9.21. The summed E-state index contributed by atoms with van der Waals surface area (Å²) in [6.45, 7) is 2.23. The number of aryl methyl sites for hydroxylation is 1. The molecule has 1 aromatic heterocycles. The number of aromatic nitrogens is 1. The van der Waals surface area contributed by atoms with Crippen molar-refractivity contribution >= 4 is 0 Å². The van der Waals surface area contributed by atoms with Gasteiger partial charge in [0, 0.05) is 31.4 Å². The Balaban J connectivity index is 1.69. The molecule has 1 heterocycles. The van der Waals surface area contributed by atoms with Crippen LogP contribution >= 0.6 is 0 Å². The molecular weight excluding hydrogens is 358 g/mol. The van der Waals surface area contributed by atoms with Crippen LogP contribution in [0.1, 0.15) is 46.8 Å². The standard InChI is InChI=1S/C25H29N3O/c1-29-24-13-3-2-9-22(24)18-28(17-20-8-4-7-19(15-20)16-26)23-12-5-10-21-11-6-14-27-25(21)23/h2-4,6-9,11,13-15,23H,5,10,12,16-18,26H2,1H3. The van der Waals surface area contributed by atoms with E-state index in [-0.39, 0.29) is 0 Å². The summed E-state index contributed by atoms with van der Waals surface area (Å²) in [4.78, 5) is 7.33. The number of ether oxygens (including phenoxy) is 1. The Hall–Kier alpha value is -2.69. The summed E-state index contributed by atoms with van der Waals surface area (Å²) in [6, 6.07) is 21.5. The van der Waals surface area contributed by atoms with Crippen molar-refractivity contribution in [3.8, 4) is 5.75 Å². The maximum Gasteiger partial charge on any atom is 0.123 e. The highest BCUT2D eigenvalue weighted by Crippen LogP contribution is 2.35. The van der Waals surface area contributed by atoms with Gasteiger partial charge in [0.05, 0.1) is 18.8 Å². The highest BCUT2D eigenvalue weighted by molar-refractivity contribution is 5.34. The average Bonchev–Trinajstić information content (AvgIpc) is 2.78. The minimum absolute atomic E-state index is 0.298. The van der Waals surface area contributed by atoms with E-state index in [1.165, 1.54) is 34.4 Å². The number of hydrogen-bond donors (Lipinski definition) is 1. The molecule has 4 heteroatoms. The Bertz CT molecular complexity index is 956. The highest BCUT2D eigenvalue weighted by Gasteiger charge is 2.28. The molecule has 0 bridgehead atoms. The summed E-state index contributed by atoms with van der Waals surface area (Å²) in [5, 5.41) is 0. The smallest absolute Gasteiger partial charge is 0.123 e. The van der Waals surface area contributed by atoms with E-state index >= 15 is 0 Å². The molecule has 0 fully saturated rings. The zero-order valence-corrected chi connectivity index (χ0v) is 17.1. The Morgan fingerprint density at radius 2 is 1.90 bits per heavy atom. The van der Waals surface area contributed by atoms with E-state index < -0.39 is 0 Å². The first kappa shape index (κ1) is 19.6. The number of rotatable bonds is 7. The van der Waals surface area contributed by atoms with E-state index in [1.807, 2.05) is 18.3 Å². The van der Waals surface area contributed by atoms with Gasteiger partial charge in [-0.15, -0.1) is 0 Å². The zero-order chi connectivity index (χ0) is 20.1. The summed E-state index contributed by atoms with van der Waals surface area (Å²) < 4.78 is 5.63. The van der Waals surface area contributed by atoms with Gasteiger partial charge in [0.2, 0.25) is 0 Å². The van der Waals surface area contributed by atoms with Crippen molar-refractivity contribution in [3.05, 3.63) is 94.8 Å². The van der Waals surface area contributed by atoms with E-state index in [1.54, 1.807) is 7.11 Å². The van der Waals surface area contributed by atoms with Gasteiger partial charge in [-0.05, 0) is 48.1 Å². The van der Waals surface area contributed by atoms with Crippen LogP contribution in [0, 0.1) is 0 Å². The van der Waals surface area contributed by atoms with E-state index in [0.717, 1.165) is 31.7 Å². The summed E-state index contributed by atoms with van der Waals surface area (Å²) in [5.41, 5.74) is 12.1. The third-order valence-electron chi connectivity index (χ3n) is 5.78. The van der Waals surface area contributed by atoms with Crippen LogP contribution in [0.15, 0.2) is 66.9 Å². The minimum Gasteiger partial charge on any atom is -0.496 e. The fraction of sp³-hybridized carbons (Fsp3) is 0.320. The maximum absolute atomic E-state index is 5.88. The third-order valence-corrected chi connectivity index (χ3v) is 5.78. The zero-order valence-electron chi connectivity index (χ0n) is 17.1. The van der Waals surface area contributed by atoms with Crippen LogP contribution in [0.4, 0.5) is 0 Å². The molecule has 2 N–H and O–H groups in total. The molecule has 3 aromatic rings. The lowest BCUT2D eigenvalue weighted by molar-refractivity contribution is 0.155. The second-order valence-corrected chi connectivity index (χ2v) is 7.70. The molecule has 1 atom stereocenters. The molecule has 0 radical (unpaired) electrons. The van der Waals surface area contributed by atoms with Crippen LogP contribution < -0.4 is 10.5 Å². The predicted molar refractivity (Wildman–Crippen MR) is 116 cm³/mol. The minimum atomic E-state index is 0.298. The van der Waals surface area contributed by atoms with Crippen molar-refractivity contribution in [2.24, 2.45) is 5.73 Å². The average molecular weight is 388 g/mol. The van der Waals surface area contributed by atoms with Gasteiger partial charge in [0.25, 0.3) is 0 Å². The summed E-state index contributed by atoms with van der Waals surface area (Å²) in [5.74, 6) is 0.935. The first-order chi connectivity index (χ1) is 14.3. The van der Waals surface area contributed by atoms with Gasteiger partial charge in [0.15, 0.2) is 0 Å². The summed E-state index contributed by atoms with van der Waals surface area (Å²) in [6.07, 6.45) is 5.35. The third kappa shape index (κ3) is 4.50. The van der Waals surface area contributed by atoms with Gasteiger partial charge in [-0.25, -0.2) is 0 Å². The molecule has 1 unspecified atom stereocenters. The quantitative estimate of drug-likeness (QED) is 0.642. The van der Waals surface area contributed by atoms with Crippen LogP contribution in [-0.4, -0.2) is 17.0 Å². The molecule has 1 aliphatic carbocycles. The van der Waals surface area contributed by atoms with E-state index in [2.05, 4.69) is 53.4 Å². The molecule has 0 saturated carbocycles. The molecule has 1 aliphatic rings. The molecular formula is C25H29N3O. The molecule has 0 amide bonds. The SMILES string of the molecule is COc1ccccc1CN(Cc1cccc(CN)c1)C1CCCc2cccnc21. The van der Waals surface area contributed by atoms with Crippen LogP contribution in [0.25, 0.3) is 0 Å². The predicted octanol–water partition coefficient (Wildman–Crippen LogP) is 4.63.